The van der Waals surface area contributed by atoms with E-state index in [1.807, 2.05) is 12.1 Å². The molecular weight excluding hydrogens is 256 g/mol. The first-order valence-electron chi connectivity index (χ1n) is 5.40. The van der Waals surface area contributed by atoms with Crippen LogP contribution in [0.1, 0.15) is 24.2 Å². The lowest BCUT2D eigenvalue weighted by molar-refractivity contribution is 0.0949. The predicted molar refractivity (Wildman–Crippen MR) is 71.8 cm³/mol. The van der Waals surface area contributed by atoms with Gasteiger partial charge in [0.25, 0.3) is 5.91 Å². The van der Waals surface area contributed by atoms with Gasteiger partial charge >= 0.3 is 0 Å². The summed E-state index contributed by atoms with van der Waals surface area (Å²) < 4.78 is 1.44. The van der Waals surface area contributed by atoms with Gasteiger partial charge < -0.3 is 5.32 Å². The molecule has 17 heavy (non-hydrogen) atoms. The van der Waals surface area contributed by atoms with Crippen LogP contribution >= 0.6 is 22.9 Å². The van der Waals surface area contributed by atoms with E-state index >= 15 is 0 Å². The summed E-state index contributed by atoms with van der Waals surface area (Å²) in [6, 6.07) is 5.42. The first-order valence-corrected chi connectivity index (χ1v) is 6.60. The van der Waals surface area contributed by atoms with Gasteiger partial charge in [0, 0.05) is 12.1 Å². The van der Waals surface area contributed by atoms with Gasteiger partial charge in [0.05, 0.1) is 10.2 Å². The quantitative estimate of drug-likeness (QED) is 0.928. The second kappa shape index (κ2) is 5.02. The van der Waals surface area contributed by atoms with Crippen LogP contribution in [-0.4, -0.2) is 17.4 Å². The first-order chi connectivity index (χ1) is 8.06. The van der Waals surface area contributed by atoms with Crippen molar-refractivity contribution in [1.29, 1.82) is 0 Å². The lowest BCUT2D eigenvalue weighted by Crippen LogP contribution is -2.27. The summed E-state index contributed by atoms with van der Waals surface area (Å²) in [5, 5.41) is 2.88. The third-order valence-corrected chi connectivity index (χ3v) is 3.42. The summed E-state index contributed by atoms with van der Waals surface area (Å²) >= 11 is 7.21. The molecule has 0 aliphatic heterocycles. The smallest absolute Gasteiger partial charge is 0.251 e. The number of carbonyl (C=O) groups excluding carboxylic acids is 1. The average Bonchev–Trinajstić information content (AvgIpc) is 2.64. The van der Waals surface area contributed by atoms with Crippen LogP contribution in [0.3, 0.4) is 0 Å². The Morgan fingerprint density at radius 2 is 2.29 bits per heavy atom. The normalized spacial score (nSPS) is 11.1. The third-order valence-electron chi connectivity index (χ3n) is 2.30. The fourth-order valence-corrected chi connectivity index (χ4v) is 2.51. The van der Waals surface area contributed by atoms with Crippen LogP contribution in [0, 0.1) is 5.92 Å². The number of thiazole rings is 1. The minimum absolute atomic E-state index is 0.0508. The van der Waals surface area contributed by atoms with Gasteiger partial charge in [-0.15, -0.1) is 11.3 Å². The van der Waals surface area contributed by atoms with E-state index in [1.54, 1.807) is 6.07 Å². The monoisotopic (exact) mass is 268 g/mol. The van der Waals surface area contributed by atoms with Crippen molar-refractivity contribution < 1.29 is 4.79 Å². The Kier molecular flexibility index (Phi) is 3.64. The number of nitrogens with zero attached hydrogens (tertiary/aromatic N) is 1. The second-order valence-electron chi connectivity index (χ2n) is 4.25. The second-order valence-corrected chi connectivity index (χ2v) is 5.87. The Balaban J connectivity index is 2.20. The molecule has 0 aliphatic carbocycles. The predicted octanol–water partition coefficient (Wildman–Crippen LogP) is 3.34. The van der Waals surface area contributed by atoms with Crippen molar-refractivity contribution in [3.8, 4) is 0 Å². The van der Waals surface area contributed by atoms with Gasteiger partial charge in [-0.1, -0.05) is 25.4 Å². The Morgan fingerprint density at radius 1 is 1.53 bits per heavy atom. The fraction of sp³-hybridized carbons (Fsp3) is 0.333. The van der Waals surface area contributed by atoms with Crippen LogP contribution in [0.4, 0.5) is 0 Å². The van der Waals surface area contributed by atoms with E-state index in [1.165, 1.54) is 11.3 Å². The minimum atomic E-state index is -0.0508. The Morgan fingerprint density at radius 3 is 3.00 bits per heavy atom. The zero-order valence-electron chi connectivity index (χ0n) is 9.66. The molecule has 0 saturated heterocycles. The zero-order chi connectivity index (χ0) is 12.4. The molecule has 0 spiro atoms. The van der Waals surface area contributed by atoms with Crippen molar-refractivity contribution in [1.82, 2.24) is 10.3 Å². The molecule has 0 radical (unpaired) electrons. The van der Waals surface area contributed by atoms with E-state index in [-0.39, 0.29) is 5.91 Å². The molecule has 90 valence electrons. The first kappa shape index (κ1) is 12.3. The molecule has 5 heteroatoms. The number of hydrogen-bond acceptors (Lipinski definition) is 3. The van der Waals surface area contributed by atoms with Crippen LogP contribution in [0.2, 0.25) is 4.47 Å². The lowest BCUT2D eigenvalue weighted by atomic mass is 10.2. The Labute approximate surface area is 109 Å². The van der Waals surface area contributed by atoms with Gasteiger partial charge in [0.15, 0.2) is 4.47 Å². The third kappa shape index (κ3) is 2.96. The highest BCUT2D eigenvalue weighted by molar-refractivity contribution is 7.22. The maximum atomic E-state index is 11.8. The maximum Gasteiger partial charge on any atom is 0.251 e. The number of carbonyl (C=O) groups is 1. The number of amides is 1. The van der Waals surface area contributed by atoms with E-state index in [4.69, 9.17) is 11.6 Å². The van der Waals surface area contributed by atoms with Crippen LogP contribution < -0.4 is 5.32 Å². The molecule has 0 bridgehead atoms. The molecule has 2 aromatic rings. The summed E-state index contributed by atoms with van der Waals surface area (Å²) in [7, 11) is 0. The fourth-order valence-electron chi connectivity index (χ4n) is 1.44. The number of benzene rings is 1. The molecule has 0 aliphatic rings. The molecular formula is C12H13ClN2OS. The highest BCUT2D eigenvalue weighted by Crippen LogP contribution is 2.26. The van der Waals surface area contributed by atoms with Gasteiger partial charge in [0.2, 0.25) is 0 Å². The van der Waals surface area contributed by atoms with Gasteiger partial charge in [-0.25, -0.2) is 4.98 Å². The van der Waals surface area contributed by atoms with Crippen molar-refractivity contribution in [2.45, 2.75) is 13.8 Å². The summed E-state index contributed by atoms with van der Waals surface area (Å²) in [6.07, 6.45) is 0. The van der Waals surface area contributed by atoms with Gasteiger partial charge in [-0.05, 0) is 24.1 Å². The van der Waals surface area contributed by atoms with Crippen molar-refractivity contribution in [2.24, 2.45) is 5.92 Å². The van der Waals surface area contributed by atoms with Crippen LogP contribution in [-0.2, 0) is 0 Å². The van der Waals surface area contributed by atoms with E-state index < -0.39 is 0 Å². The zero-order valence-corrected chi connectivity index (χ0v) is 11.2. The molecule has 0 atom stereocenters. The number of aromatic nitrogens is 1. The molecule has 0 saturated carbocycles. The summed E-state index contributed by atoms with van der Waals surface area (Å²) in [5.41, 5.74) is 1.49. The molecule has 1 aromatic carbocycles. The molecule has 3 nitrogen and oxygen atoms in total. The molecule has 1 amide bonds. The van der Waals surface area contributed by atoms with Crippen LogP contribution in [0.25, 0.3) is 10.2 Å². The van der Waals surface area contributed by atoms with Gasteiger partial charge in [-0.2, -0.15) is 0 Å². The standard InChI is InChI=1S/C12H13ClN2OS/c1-7(2)6-14-11(16)8-3-4-9-10(5-8)17-12(13)15-9/h3-5,7H,6H2,1-2H3,(H,14,16). The molecule has 0 unspecified atom stereocenters. The van der Waals surface area contributed by atoms with E-state index in [0.29, 0.717) is 22.5 Å². The Bertz CT molecular complexity index is 550. The average molecular weight is 269 g/mol. The number of halogens is 1. The van der Waals surface area contributed by atoms with Crippen molar-refractivity contribution >= 4 is 39.1 Å². The lowest BCUT2D eigenvalue weighted by Gasteiger charge is -2.07. The molecule has 1 N–H and O–H groups in total. The maximum absolute atomic E-state index is 11.8. The van der Waals surface area contributed by atoms with Crippen LogP contribution in [0.15, 0.2) is 18.2 Å². The molecule has 1 heterocycles. The van der Waals surface area contributed by atoms with Crippen molar-refractivity contribution in [2.75, 3.05) is 6.54 Å². The number of hydrogen-bond donors (Lipinski definition) is 1. The summed E-state index contributed by atoms with van der Waals surface area (Å²) in [6.45, 7) is 4.80. The minimum Gasteiger partial charge on any atom is -0.352 e. The molecule has 1 aromatic heterocycles. The van der Waals surface area contributed by atoms with E-state index in [2.05, 4.69) is 24.1 Å². The van der Waals surface area contributed by atoms with E-state index in [9.17, 15) is 4.79 Å². The topological polar surface area (TPSA) is 42.0 Å². The SMILES string of the molecule is CC(C)CNC(=O)c1ccc2nc(Cl)sc2c1. The largest absolute Gasteiger partial charge is 0.352 e. The highest BCUT2D eigenvalue weighted by Gasteiger charge is 2.08. The number of rotatable bonds is 3. The highest BCUT2D eigenvalue weighted by atomic mass is 35.5. The molecule has 0 fully saturated rings. The number of nitrogens with one attached hydrogen (secondary N) is 1. The summed E-state index contributed by atoms with van der Waals surface area (Å²) in [5.74, 6) is 0.394. The summed E-state index contributed by atoms with van der Waals surface area (Å²) in [4.78, 5) is 16.0. The van der Waals surface area contributed by atoms with Gasteiger partial charge in [0.1, 0.15) is 0 Å². The van der Waals surface area contributed by atoms with Crippen molar-refractivity contribution in [3.63, 3.8) is 0 Å². The Hall–Kier alpha value is -1.13. The molecule has 2 rings (SSSR count). The van der Waals surface area contributed by atoms with Crippen molar-refractivity contribution in [3.05, 3.63) is 28.2 Å². The van der Waals surface area contributed by atoms with Crippen LogP contribution in [0.5, 0.6) is 0 Å². The van der Waals surface area contributed by atoms with E-state index in [0.717, 1.165) is 10.2 Å². The van der Waals surface area contributed by atoms with Gasteiger partial charge in [-0.3, -0.25) is 4.79 Å². The number of fused-ring (bicyclic) bond motifs is 1.